The van der Waals surface area contributed by atoms with Gasteiger partial charge in [0.25, 0.3) is 5.56 Å². The average Bonchev–Trinajstić information content (AvgIpc) is 2.47. The van der Waals surface area contributed by atoms with Crippen LogP contribution in [0.4, 0.5) is 0 Å². The van der Waals surface area contributed by atoms with E-state index in [2.05, 4.69) is 0 Å². The van der Waals surface area contributed by atoms with Crippen LogP contribution < -0.4 is 5.56 Å². The molecule has 0 aliphatic rings. The zero-order chi connectivity index (χ0) is 14.7. The molecule has 0 bridgehead atoms. The number of Topliss-reactive ketones (excluding diaryl/α,β-unsaturated/α-hetero) is 1. The number of carbonyl (C=O) groups excluding carboxylic acids is 1. The van der Waals surface area contributed by atoms with E-state index in [1.165, 1.54) is 16.2 Å². The molecule has 2 aromatic heterocycles. The summed E-state index contributed by atoms with van der Waals surface area (Å²) in [6.45, 7) is 1.93. The van der Waals surface area contributed by atoms with E-state index in [0.29, 0.717) is 22.4 Å². The molecule has 0 radical (unpaired) electrons. The highest BCUT2D eigenvalue weighted by molar-refractivity contribution is 7.98. The van der Waals surface area contributed by atoms with Crippen LogP contribution >= 0.6 is 11.8 Å². The molecule has 2 aromatic rings. The lowest BCUT2D eigenvalue weighted by molar-refractivity contribution is 0.0980. The van der Waals surface area contributed by atoms with E-state index < -0.39 is 0 Å². The van der Waals surface area contributed by atoms with E-state index in [0.717, 1.165) is 6.42 Å². The molecule has 5 heteroatoms. The summed E-state index contributed by atoms with van der Waals surface area (Å²) in [5.41, 5.74) is 0.719. The number of pyridine rings is 2. The zero-order valence-corrected chi connectivity index (χ0v) is 12.2. The molecule has 0 saturated carbocycles. The lowest BCUT2D eigenvalue weighted by Gasteiger charge is -2.12. The van der Waals surface area contributed by atoms with Gasteiger partial charge in [0, 0.05) is 17.5 Å². The molecule has 0 aliphatic heterocycles. The molecule has 0 amide bonds. The molecular formula is C15H14N2O2S. The molecule has 0 N–H and O–H groups in total. The van der Waals surface area contributed by atoms with Gasteiger partial charge >= 0.3 is 0 Å². The molecule has 102 valence electrons. The second-order valence-corrected chi connectivity index (χ2v) is 5.15. The van der Waals surface area contributed by atoms with Crippen molar-refractivity contribution in [2.75, 3.05) is 6.26 Å². The summed E-state index contributed by atoms with van der Waals surface area (Å²) in [6, 6.07) is 7.18. The lowest BCUT2D eigenvalue weighted by Crippen LogP contribution is -2.21. The predicted molar refractivity (Wildman–Crippen MR) is 79.4 cm³/mol. The molecule has 2 rings (SSSR count). The summed E-state index contributed by atoms with van der Waals surface area (Å²) in [7, 11) is 0. The number of carbonyl (C=O) groups is 1. The number of fused-ring (bicyclic) bond motifs is 1. The smallest absolute Gasteiger partial charge is 0.274 e. The highest BCUT2D eigenvalue weighted by Gasteiger charge is 2.21. The van der Waals surface area contributed by atoms with Gasteiger partial charge in [0.1, 0.15) is 11.6 Å². The van der Waals surface area contributed by atoms with E-state index in [4.69, 9.17) is 0 Å². The minimum atomic E-state index is -0.375. The van der Waals surface area contributed by atoms with Crippen LogP contribution in [-0.2, 0) is 0 Å². The van der Waals surface area contributed by atoms with E-state index in [-0.39, 0.29) is 16.9 Å². The number of nitriles is 1. The summed E-state index contributed by atoms with van der Waals surface area (Å²) in [5, 5.41) is 9.24. The molecule has 4 nitrogen and oxygen atoms in total. The Bertz CT molecular complexity index is 772. The first-order valence-electron chi connectivity index (χ1n) is 6.30. The van der Waals surface area contributed by atoms with Crippen LogP contribution in [0.3, 0.4) is 0 Å². The van der Waals surface area contributed by atoms with Crippen LogP contribution in [0.5, 0.6) is 0 Å². The molecule has 0 saturated heterocycles. The summed E-state index contributed by atoms with van der Waals surface area (Å²) in [5.74, 6) is -0.0305. The van der Waals surface area contributed by atoms with Gasteiger partial charge in [-0.1, -0.05) is 13.0 Å². The van der Waals surface area contributed by atoms with Crippen molar-refractivity contribution in [1.29, 1.82) is 5.26 Å². The summed E-state index contributed by atoms with van der Waals surface area (Å²) < 4.78 is 1.38. The normalized spacial score (nSPS) is 10.4. The van der Waals surface area contributed by atoms with Crippen molar-refractivity contribution in [3.8, 4) is 6.07 Å². The molecule has 0 atom stereocenters. The number of nitrogens with zero attached hydrogens (tertiary/aromatic N) is 2. The first kappa shape index (κ1) is 14.4. The van der Waals surface area contributed by atoms with Gasteiger partial charge in [-0.05, 0) is 24.8 Å². The quantitative estimate of drug-likeness (QED) is 0.640. The number of thioether (sulfide) groups is 1. The summed E-state index contributed by atoms with van der Waals surface area (Å²) in [4.78, 5) is 25.2. The van der Waals surface area contributed by atoms with Crippen molar-refractivity contribution in [3.05, 3.63) is 45.9 Å². The molecule has 2 heterocycles. The minimum Gasteiger partial charge on any atom is -0.294 e. The number of hydrogen-bond acceptors (Lipinski definition) is 4. The van der Waals surface area contributed by atoms with E-state index in [9.17, 15) is 14.9 Å². The highest BCUT2D eigenvalue weighted by atomic mass is 32.2. The standard InChI is InChI=1S/C15H14N2O2S/c1-3-6-12(18)13-11-7-4-5-8-17(11)15(19)10(9-16)14(13)20-2/h4-5,7-8H,3,6H2,1-2H3. The molecular weight excluding hydrogens is 272 g/mol. The number of rotatable bonds is 4. The molecule has 0 aromatic carbocycles. The average molecular weight is 286 g/mol. The topological polar surface area (TPSA) is 62.3 Å². The molecule has 0 fully saturated rings. The van der Waals surface area contributed by atoms with Crippen LogP contribution in [0, 0.1) is 11.3 Å². The first-order valence-corrected chi connectivity index (χ1v) is 7.52. The van der Waals surface area contributed by atoms with Gasteiger partial charge in [-0.3, -0.25) is 14.0 Å². The van der Waals surface area contributed by atoms with Crippen LogP contribution in [0.25, 0.3) is 5.52 Å². The Hall–Kier alpha value is -2.06. The van der Waals surface area contributed by atoms with Gasteiger partial charge in [0.15, 0.2) is 5.78 Å². The van der Waals surface area contributed by atoms with Crippen LogP contribution in [-0.4, -0.2) is 16.4 Å². The lowest BCUT2D eigenvalue weighted by atomic mass is 10.0. The van der Waals surface area contributed by atoms with E-state index in [1.54, 1.807) is 30.7 Å². The molecule has 0 unspecified atom stereocenters. The molecule has 20 heavy (non-hydrogen) atoms. The van der Waals surface area contributed by atoms with Gasteiger partial charge in [-0.15, -0.1) is 11.8 Å². The third-order valence-corrected chi connectivity index (χ3v) is 3.89. The van der Waals surface area contributed by atoms with Crippen molar-refractivity contribution >= 4 is 23.1 Å². The van der Waals surface area contributed by atoms with E-state index >= 15 is 0 Å². The minimum absolute atomic E-state index is 0.0305. The molecule has 0 aliphatic carbocycles. The fourth-order valence-corrected chi connectivity index (χ4v) is 2.97. The maximum Gasteiger partial charge on any atom is 0.274 e. The number of aromatic nitrogens is 1. The highest BCUT2D eigenvalue weighted by Crippen LogP contribution is 2.27. The van der Waals surface area contributed by atoms with Crippen molar-refractivity contribution in [2.45, 2.75) is 24.7 Å². The van der Waals surface area contributed by atoms with Gasteiger partial charge in [0.05, 0.1) is 11.1 Å². The van der Waals surface area contributed by atoms with Crippen molar-refractivity contribution < 1.29 is 4.79 Å². The number of ketones is 1. The van der Waals surface area contributed by atoms with Crippen LogP contribution in [0.15, 0.2) is 34.1 Å². The fourth-order valence-electron chi connectivity index (χ4n) is 2.21. The Morgan fingerprint density at radius 1 is 1.45 bits per heavy atom. The van der Waals surface area contributed by atoms with Gasteiger partial charge in [-0.2, -0.15) is 5.26 Å². The second kappa shape index (κ2) is 5.93. The maximum atomic E-state index is 12.4. The Kier molecular flexibility index (Phi) is 4.26. The number of hydrogen-bond donors (Lipinski definition) is 0. The van der Waals surface area contributed by atoms with E-state index in [1.807, 2.05) is 13.0 Å². The summed E-state index contributed by atoms with van der Waals surface area (Å²) in [6.07, 6.45) is 4.50. The Morgan fingerprint density at radius 3 is 2.80 bits per heavy atom. The SMILES string of the molecule is CCCC(=O)c1c(SC)c(C#N)c(=O)n2ccccc12. The second-order valence-electron chi connectivity index (χ2n) is 4.33. The van der Waals surface area contributed by atoms with Gasteiger partial charge < -0.3 is 0 Å². The fraction of sp³-hybridized carbons (Fsp3) is 0.267. The molecule has 0 spiro atoms. The van der Waals surface area contributed by atoms with Crippen LogP contribution in [0.1, 0.15) is 35.7 Å². The van der Waals surface area contributed by atoms with Gasteiger partial charge in [0.2, 0.25) is 0 Å². The van der Waals surface area contributed by atoms with Crippen molar-refractivity contribution in [1.82, 2.24) is 4.40 Å². The largest absolute Gasteiger partial charge is 0.294 e. The first-order chi connectivity index (χ1) is 9.65. The maximum absolute atomic E-state index is 12.4. The van der Waals surface area contributed by atoms with Crippen molar-refractivity contribution in [3.63, 3.8) is 0 Å². The van der Waals surface area contributed by atoms with Crippen LogP contribution in [0.2, 0.25) is 0 Å². The Balaban J connectivity index is 2.96. The Labute approximate surface area is 121 Å². The monoisotopic (exact) mass is 286 g/mol. The Morgan fingerprint density at radius 2 is 2.20 bits per heavy atom. The third kappa shape index (κ3) is 2.23. The summed E-state index contributed by atoms with van der Waals surface area (Å²) >= 11 is 1.27. The van der Waals surface area contributed by atoms with Crippen molar-refractivity contribution in [2.24, 2.45) is 0 Å². The van der Waals surface area contributed by atoms with Gasteiger partial charge in [-0.25, -0.2) is 0 Å². The third-order valence-electron chi connectivity index (χ3n) is 3.07. The zero-order valence-electron chi connectivity index (χ0n) is 11.3. The predicted octanol–water partition coefficient (Wildman–Crippen LogP) is 2.88.